The molecule has 3 nitrogen and oxygen atoms in total. The number of carbonyl (C=O) groups excluding carboxylic acids is 1. The number of halogens is 1. The first-order valence-corrected chi connectivity index (χ1v) is 6.15. The van der Waals surface area contributed by atoms with E-state index in [-0.39, 0.29) is 5.97 Å². The Labute approximate surface area is 109 Å². The molecule has 0 aliphatic carbocycles. The van der Waals surface area contributed by atoms with E-state index in [9.17, 15) is 4.79 Å². The molecule has 0 bridgehead atoms. The molecule has 4 heteroatoms. The summed E-state index contributed by atoms with van der Waals surface area (Å²) < 4.78 is 5.34. The summed E-state index contributed by atoms with van der Waals surface area (Å²) in [6, 6.07) is 9.11. The molecule has 0 spiro atoms. The second-order valence-corrected chi connectivity index (χ2v) is 3.81. The van der Waals surface area contributed by atoms with Gasteiger partial charge in [-0.05, 0) is 28.1 Å². The predicted molar refractivity (Wildman–Crippen MR) is 72.1 cm³/mol. The highest BCUT2D eigenvalue weighted by molar-refractivity contribution is 9.10. The van der Waals surface area contributed by atoms with Crippen molar-refractivity contribution in [2.45, 2.75) is 13.8 Å². The molecule has 1 aromatic carbocycles. The van der Waals surface area contributed by atoms with Gasteiger partial charge in [-0.25, -0.2) is 9.78 Å². The average molecular weight is 296 g/mol. The van der Waals surface area contributed by atoms with Crippen LogP contribution < -0.4 is 0 Å². The number of pyridine rings is 1. The van der Waals surface area contributed by atoms with Crippen LogP contribution in [0.5, 0.6) is 0 Å². The van der Waals surface area contributed by atoms with Gasteiger partial charge in [-0.15, -0.1) is 0 Å². The van der Waals surface area contributed by atoms with Crippen LogP contribution in [0.25, 0.3) is 10.9 Å². The molecule has 0 unspecified atom stereocenters. The fraction of sp³-hybridized carbons (Fsp3) is 0.231. The Morgan fingerprint density at radius 1 is 1.29 bits per heavy atom. The molecule has 1 heterocycles. The summed E-state index contributed by atoms with van der Waals surface area (Å²) in [5.74, 6) is -0.352. The van der Waals surface area contributed by atoms with Gasteiger partial charge in [-0.1, -0.05) is 32.0 Å². The second-order valence-electron chi connectivity index (χ2n) is 3.00. The van der Waals surface area contributed by atoms with Crippen molar-refractivity contribution in [3.63, 3.8) is 0 Å². The maximum Gasteiger partial charge on any atom is 0.338 e. The van der Waals surface area contributed by atoms with Gasteiger partial charge in [-0.3, -0.25) is 0 Å². The van der Waals surface area contributed by atoms with Gasteiger partial charge in [0, 0.05) is 5.39 Å². The van der Waals surface area contributed by atoms with Crippen molar-refractivity contribution in [1.82, 2.24) is 4.98 Å². The Hall–Kier alpha value is -1.42. The van der Waals surface area contributed by atoms with Gasteiger partial charge in [0.15, 0.2) is 0 Å². The van der Waals surface area contributed by atoms with Gasteiger partial charge in [0.1, 0.15) is 4.60 Å². The van der Waals surface area contributed by atoms with Crippen LogP contribution in [0.1, 0.15) is 24.2 Å². The number of para-hydroxylation sites is 1. The predicted octanol–water partition coefficient (Wildman–Crippen LogP) is 3.81. The van der Waals surface area contributed by atoms with Gasteiger partial charge in [-0.2, -0.15) is 0 Å². The molecule has 0 N–H and O–H groups in total. The van der Waals surface area contributed by atoms with Gasteiger partial charge in [0.25, 0.3) is 0 Å². The highest BCUT2D eigenvalue weighted by Gasteiger charge is 2.11. The number of aromatic nitrogens is 1. The zero-order valence-electron chi connectivity index (χ0n) is 10.0. The number of hydrogen-bond acceptors (Lipinski definition) is 3. The monoisotopic (exact) mass is 295 g/mol. The minimum Gasteiger partial charge on any atom is -0.465 e. The number of rotatable bonds is 1. The first-order chi connectivity index (χ1) is 8.22. The standard InChI is InChI=1S/C11H8BrNO2.C2H6/c1-15-11(14)8-6-10(12)13-9-5-3-2-4-7(8)9;1-2/h2-6H,1H3;1-2H3. The summed E-state index contributed by atoms with van der Waals surface area (Å²) in [4.78, 5) is 15.8. The Morgan fingerprint density at radius 3 is 2.59 bits per heavy atom. The van der Waals surface area contributed by atoms with Crippen molar-refractivity contribution in [2.75, 3.05) is 7.11 Å². The molecule has 0 saturated carbocycles. The molecule has 0 fully saturated rings. The lowest BCUT2D eigenvalue weighted by Crippen LogP contribution is -2.02. The Bertz CT molecular complexity index is 526. The van der Waals surface area contributed by atoms with Crippen LogP contribution in [0, 0.1) is 0 Å². The summed E-state index contributed by atoms with van der Waals surface area (Å²) in [6.07, 6.45) is 0. The average Bonchev–Trinajstić information content (AvgIpc) is 2.39. The van der Waals surface area contributed by atoms with E-state index >= 15 is 0 Å². The Kier molecular flexibility index (Phi) is 5.10. The second kappa shape index (κ2) is 6.35. The zero-order valence-corrected chi connectivity index (χ0v) is 11.6. The van der Waals surface area contributed by atoms with Gasteiger partial charge in [0.2, 0.25) is 0 Å². The lowest BCUT2D eigenvalue weighted by molar-refractivity contribution is 0.0603. The molecule has 0 atom stereocenters. The van der Waals surface area contributed by atoms with Crippen molar-refractivity contribution < 1.29 is 9.53 Å². The number of ether oxygens (including phenoxy) is 1. The molecule has 0 amide bonds. The summed E-state index contributed by atoms with van der Waals surface area (Å²) >= 11 is 3.26. The molecule has 0 aliphatic rings. The minimum atomic E-state index is -0.352. The van der Waals surface area contributed by atoms with E-state index in [0.717, 1.165) is 10.9 Å². The molecule has 0 saturated heterocycles. The highest BCUT2D eigenvalue weighted by atomic mass is 79.9. The third-order valence-electron chi connectivity index (χ3n) is 2.09. The number of hydrogen-bond donors (Lipinski definition) is 0. The molecule has 2 aromatic rings. The SMILES string of the molecule is CC.COC(=O)c1cc(Br)nc2ccccc12. The molecule has 90 valence electrons. The molecular formula is C13H14BrNO2. The fourth-order valence-corrected chi connectivity index (χ4v) is 1.84. The summed E-state index contributed by atoms with van der Waals surface area (Å²) in [6.45, 7) is 4.00. The van der Waals surface area contributed by atoms with Crippen molar-refractivity contribution in [3.8, 4) is 0 Å². The first-order valence-electron chi connectivity index (χ1n) is 5.36. The summed E-state index contributed by atoms with van der Waals surface area (Å²) in [5.41, 5.74) is 1.29. The number of nitrogens with zero attached hydrogens (tertiary/aromatic N) is 1. The van der Waals surface area contributed by atoms with E-state index in [2.05, 4.69) is 20.9 Å². The van der Waals surface area contributed by atoms with Crippen LogP contribution in [0.2, 0.25) is 0 Å². The molecule has 1 aromatic heterocycles. The number of esters is 1. The van der Waals surface area contributed by atoms with Crippen LogP contribution >= 0.6 is 15.9 Å². The normalized spacial score (nSPS) is 9.41. The molecule has 0 radical (unpaired) electrons. The third kappa shape index (κ3) is 3.03. The largest absolute Gasteiger partial charge is 0.465 e. The maximum atomic E-state index is 11.5. The number of benzene rings is 1. The molecule has 0 aliphatic heterocycles. The first kappa shape index (κ1) is 13.6. The number of methoxy groups -OCH3 is 1. The van der Waals surface area contributed by atoms with Crippen molar-refractivity contribution in [1.29, 1.82) is 0 Å². The highest BCUT2D eigenvalue weighted by Crippen LogP contribution is 2.21. The van der Waals surface area contributed by atoms with E-state index < -0.39 is 0 Å². The number of carbonyl (C=O) groups is 1. The van der Waals surface area contributed by atoms with Crippen molar-refractivity contribution in [2.24, 2.45) is 0 Å². The molecule has 2 rings (SSSR count). The summed E-state index contributed by atoms with van der Waals surface area (Å²) in [7, 11) is 1.37. The molecule has 17 heavy (non-hydrogen) atoms. The Morgan fingerprint density at radius 2 is 1.94 bits per heavy atom. The van der Waals surface area contributed by atoms with E-state index in [0.29, 0.717) is 10.2 Å². The van der Waals surface area contributed by atoms with Crippen LogP contribution in [-0.4, -0.2) is 18.1 Å². The maximum absolute atomic E-state index is 11.5. The topological polar surface area (TPSA) is 39.2 Å². The molecular weight excluding hydrogens is 282 g/mol. The van der Waals surface area contributed by atoms with Crippen molar-refractivity contribution >= 4 is 32.8 Å². The Balaban J connectivity index is 0.000000686. The van der Waals surface area contributed by atoms with E-state index in [1.165, 1.54) is 7.11 Å². The quantitative estimate of drug-likeness (QED) is 0.593. The zero-order chi connectivity index (χ0) is 12.8. The lowest BCUT2D eigenvalue weighted by atomic mass is 10.1. The van der Waals surface area contributed by atoms with E-state index in [4.69, 9.17) is 4.74 Å². The van der Waals surface area contributed by atoms with E-state index in [1.807, 2.05) is 38.1 Å². The van der Waals surface area contributed by atoms with Crippen molar-refractivity contribution in [3.05, 3.63) is 40.5 Å². The van der Waals surface area contributed by atoms with Crippen LogP contribution in [0.3, 0.4) is 0 Å². The smallest absolute Gasteiger partial charge is 0.338 e. The third-order valence-corrected chi connectivity index (χ3v) is 2.50. The van der Waals surface area contributed by atoms with Gasteiger partial charge >= 0.3 is 5.97 Å². The van der Waals surface area contributed by atoms with E-state index in [1.54, 1.807) is 6.07 Å². The van der Waals surface area contributed by atoms with Gasteiger partial charge in [0.05, 0.1) is 18.2 Å². The minimum absolute atomic E-state index is 0.352. The summed E-state index contributed by atoms with van der Waals surface area (Å²) in [5, 5.41) is 0.799. The van der Waals surface area contributed by atoms with Crippen LogP contribution in [0.15, 0.2) is 34.9 Å². The van der Waals surface area contributed by atoms with Crippen LogP contribution in [0.4, 0.5) is 0 Å². The van der Waals surface area contributed by atoms with Gasteiger partial charge < -0.3 is 4.74 Å². The number of fused-ring (bicyclic) bond motifs is 1. The lowest BCUT2D eigenvalue weighted by Gasteiger charge is -2.04. The van der Waals surface area contributed by atoms with Crippen LogP contribution in [-0.2, 0) is 4.74 Å². The fourth-order valence-electron chi connectivity index (χ4n) is 1.42.